The SMILES string of the molecule is C.C.C.C.C.C.C1=CCCCC1.C1CCCCC1.Fc1cccc(F)c1.Fc1ccccc1.Fc1ccccc1.c1ccccc1. The molecule has 0 aromatic heterocycles. The largest absolute Gasteiger partial charge is 0.207 e. The number of hydrogen-bond donors (Lipinski definition) is 0. The third-order valence-electron chi connectivity index (χ3n) is 5.58. The lowest BCUT2D eigenvalue weighted by Crippen LogP contribution is -1.85. The molecule has 0 saturated heterocycles. The standard InChI is InChI=1S/C6H4F2.2C6H5F.C6H12.C6H10.C6H6.6CH4/c7-5-2-1-3-6(8)4-5;2*7-6-4-2-1-3-5-6;3*1-2-4-6-5-3-1;;;;;;/h1-4H;2*1-5H;1-6H2;1-2H,3-6H2;1-6H;6*1H4. The van der Waals surface area contributed by atoms with Gasteiger partial charge in [-0.1, -0.05) is 174 Å². The summed E-state index contributed by atoms with van der Waals surface area (Å²) in [4.78, 5) is 0. The summed E-state index contributed by atoms with van der Waals surface area (Å²) in [6, 6.07) is 32.4. The van der Waals surface area contributed by atoms with Crippen LogP contribution in [0.4, 0.5) is 17.6 Å². The van der Waals surface area contributed by atoms with Crippen LogP contribution in [0.5, 0.6) is 0 Å². The Balaban J connectivity index is -0.000000102. The molecule has 0 atom stereocenters. The first kappa shape index (κ1) is 54.8. The van der Waals surface area contributed by atoms with Crippen molar-refractivity contribution < 1.29 is 17.6 Å². The minimum absolute atomic E-state index is 0. The van der Waals surface area contributed by atoms with Gasteiger partial charge in [0.15, 0.2) is 0 Å². The van der Waals surface area contributed by atoms with Crippen LogP contribution in [-0.4, -0.2) is 0 Å². The summed E-state index contributed by atoms with van der Waals surface area (Å²) in [5.74, 6) is -1.43. The second kappa shape index (κ2) is 41.3. The maximum Gasteiger partial charge on any atom is 0.126 e. The van der Waals surface area contributed by atoms with Crippen LogP contribution in [0.25, 0.3) is 0 Å². The van der Waals surface area contributed by atoms with E-state index in [-0.39, 0.29) is 56.2 Å². The molecular formula is C42H66F4. The zero-order valence-electron chi connectivity index (χ0n) is 23.3. The molecule has 0 unspecified atom stereocenters. The summed E-state index contributed by atoms with van der Waals surface area (Å²) < 4.78 is 47.7. The van der Waals surface area contributed by atoms with E-state index in [4.69, 9.17) is 0 Å². The molecule has 0 amide bonds. The molecule has 0 aliphatic heterocycles. The van der Waals surface area contributed by atoms with Crippen LogP contribution in [0.3, 0.4) is 0 Å². The summed E-state index contributed by atoms with van der Waals surface area (Å²) in [5.41, 5.74) is 0. The molecule has 4 aromatic rings. The molecule has 4 aromatic carbocycles. The summed E-state index contributed by atoms with van der Waals surface area (Å²) in [6.07, 6.45) is 19.0. The van der Waals surface area contributed by atoms with E-state index >= 15 is 0 Å². The summed E-state index contributed by atoms with van der Waals surface area (Å²) in [7, 11) is 0. The summed E-state index contributed by atoms with van der Waals surface area (Å²) in [5, 5.41) is 0. The first-order valence-corrected chi connectivity index (χ1v) is 14.0. The van der Waals surface area contributed by atoms with Gasteiger partial charge in [0.05, 0.1) is 0 Å². The molecule has 2 aliphatic rings. The van der Waals surface area contributed by atoms with Crippen LogP contribution in [0.15, 0.2) is 133 Å². The number of halogens is 4. The minimum Gasteiger partial charge on any atom is -0.207 e. The van der Waals surface area contributed by atoms with Gasteiger partial charge in [-0.25, -0.2) is 17.6 Å². The van der Waals surface area contributed by atoms with Crippen molar-refractivity contribution in [2.45, 2.75) is 109 Å². The maximum atomic E-state index is 11.9. The normalized spacial score (nSPS) is 11.2. The van der Waals surface area contributed by atoms with Gasteiger partial charge in [-0.15, -0.1) is 0 Å². The maximum absolute atomic E-state index is 11.9. The molecular weight excluding hydrogens is 580 g/mol. The van der Waals surface area contributed by atoms with Crippen LogP contribution in [0, 0.1) is 23.3 Å². The number of rotatable bonds is 0. The fourth-order valence-electron chi connectivity index (χ4n) is 3.49. The van der Waals surface area contributed by atoms with Crippen LogP contribution >= 0.6 is 0 Å². The number of allylic oxidation sites excluding steroid dienone is 2. The van der Waals surface area contributed by atoms with Gasteiger partial charge in [0.2, 0.25) is 0 Å². The van der Waals surface area contributed by atoms with Crippen LogP contribution in [0.1, 0.15) is 109 Å². The first-order chi connectivity index (χ1) is 19.6. The Labute approximate surface area is 282 Å². The predicted octanol–water partition coefficient (Wildman–Crippen LogP) is 15.6. The molecule has 0 heterocycles. The van der Waals surface area contributed by atoms with Crippen LogP contribution < -0.4 is 0 Å². The zero-order chi connectivity index (χ0) is 28.9. The molecule has 6 rings (SSSR count). The topological polar surface area (TPSA) is 0 Å². The van der Waals surface area contributed by atoms with Gasteiger partial charge in [-0.3, -0.25) is 0 Å². The van der Waals surface area contributed by atoms with Crippen molar-refractivity contribution in [2.75, 3.05) is 0 Å². The minimum atomic E-state index is -0.537. The fourth-order valence-corrected chi connectivity index (χ4v) is 3.49. The molecule has 2 aliphatic carbocycles. The van der Waals surface area contributed by atoms with Gasteiger partial charge in [0.1, 0.15) is 23.3 Å². The Morgan fingerprint density at radius 2 is 0.522 bits per heavy atom. The lowest BCUT2D eigenvalue weighted by Gasteiger charge is -2.05. The third-order valence-corrected chi connectivity index (χ3v) is 5.58. The molecule has 0 radical (unpaired) electrons. The second-order valence-corrected chi connectivity index (χ2v) is 9.06. The highest BCUT2D eigenvalue weighted by atomic mass is 19.1. The molecule has 1 saturated carbocycles. The van der Waals surface area contributed by atoms with E-state index in [9.17, 15) is 17.6 Å². The van der Waals surface area contributed by atoms with Crippen LogP contribution in [-0.2, 0) is 0 Å². The van der Waals surface area contributed by atoms with Crippen LogP contribution in [0.2, 0.25) is 0 Å². The van der Waals surface area contributed by atoms with Crippen molar-refractivity contribution >= 4 is 0 Å². The van der Waals surface area contributed by atoms with Crippen molar-refractivity contribution in [3.05, 3.63) is 157 Å². The van der Waals surface area contributed by atoms with Gasteiger partial charge < -0.3 is 0 Å². The van der Waals surface area contributed by atoms with E-state index in [0.717, 1.165) is 6.07 Å². The smallest absolute Gasteiger partial charge is 0.126 e. The molecule has 46 heavy (non-hydrogen) atoms. The molecule has 0 spiro atoms. The van der Waals surface area contributed by atoms with E-state index in [1.54, 1.807) is 36.4 Å². The highest BCUT2D eigenvalue weighted by Gasteiger charge is 1.95. The Kier molecular flexibility index (Phi) is 49.2. The van der Waals surface area contributed by atoms with Gasteiger partial charge >= 0.3 is 0 Å². The van der Waals surface area contributed by atoms with Gasteiger partial charge in [0.25, 0.3) is 0 Å². The van der Waals surface area contributed by atoms with Gasteiger partial charge in [-0.2, -0.15) is 0 Å². The van der Waals surface area contributed by atoms with Crippen molar-refractivity contribution in [3.63, 3.8) is 0 Å². The summed E-state index contributed by atoms with van der Waals surface area (Å²) in [6.45, 7) is 0. The first-order valence-electron chi connectivity index (χ1n) is 14.0. The van der Waals surface area contributed by atoms with Crippen molar-refractivity contribution in [2.24, 2.45) is 0 Å². The monoisotopic (exact) mass is 647 g/mol. The zero-order valence-corrected chi connectivity index (χ0v) is 23.3. The average molecular weight is 647 g/mol. The van der Waals surface area contributed by atoms with E-state index < -0.39 is 11.6 Å². The number of hydrogen-bond acceptors (Lipinski definition) is 0. The average Bonchev–Trinajstić information content (AvgIpc) is 3.02. The fraction of sp³-hybridized carbons (Fsp3) is 0.381. The molecule has 0 nitrogen and oxygen atoms in total. The highest BCUT2D eigenvalue weighted by Crippen LogP contribution is 2.15. The van der Waals surface area contributed by atoms with Crippen molar-refractivity contribution in [1.29, 1.82) is 0 Å². The van der Waals surface area contributed by atoms with Crippen molar-refractivity contribution in [1.82, 2.24) is 0 Å². The number of benzene rings is 4. The van der Waals surface area contributed by atoms with E-state index in [2.05, 4.69) is 12.2 Å². The Morgan fingerprint density at radius 3 is 0.674 bits per heavy atom. The Bertz CT molecular complexity index is 979. The quantitative estimate of drug-likeness (QED) is 0.132. The van der Waals surface area contributed by atoms with Gasteiger partial charge in [0, 0.05) is 6.07 Å². The van der Waals surface area contributed by atoms with E-state index in [1.807, 2.05) is 36.4 Å². The molecule has 0 N–H and O–H groups in total. The van der Waals surface area contributed by atoms with E-state index in [0.29, 0.717) is 0 Å². The summed E-state index contributed by atoms with van der Waals surface area (Å²) >= 11 is 0. The van der Waals surface area contributed by atoms with Gasteiger partial charge in [-0.05, 0) is 62.1 Å². The Hall–Kier alpha value is -3.66. The molecule has 4 heteroatoms. The predicted molar refractivity (Wildman–Crippen MR) is 201 cm³/mol. The lowest BCUT2D eigenvalue weighted by molar-refractivity contribution is 0.504. The highest BCUT2D eigenvalue weighted by molar-refractivity contribution is 5.05. The molecule has 1 fully saturated rings. The lowest BCUT2D eigenvalue weighted by atomic mass is 10.0. The molecule has 262 valence electrons. The van der Waals surface area contributed by atoms with Crippen molar-refractivity contribution in [3.8, 4) is 0 Å². The second-order valence-electron chi connectivity index (χ2n) is 9.06. The third kappa shape index (κ3) is 38.4. The molecule has 0 bridgehead atoms. The van der Waals surface area contributed by atoms with E-state index in [1.165, 1.54) is 107 Å². The Morgan fingerprint density at radius 1 is 0.283 bits per heavy atom.